The average Bonchev–Trinajstić information content (AvgIpc) is 2.86. The Morgan fingerprint density at radius 2 is 1.74 bits per heavy atom. The SMILES string of the molecule is NC1(Sc2ccncc2)C(C(F)(F)F)C=CN1c1ccccc1. The molecule has 7 heteroatoms. The molecule has 1 aliphatic heterocycles. The largest absolute Gasteiger partial charge is 0.399 e. The highest BCUT2D eigenvalue weighted by molar-refractivity contribution is 8.00. The zero-order valence-corrected chi connectivity index (χ0v) is 12.8. The first kappa shape index (κ1) is 15.9. The minimum atomic E-state index is -4.44. The van der Waals surface area contributed by atoms with E-state index in [0.29, 0.717) is 10.6 Å². The fourth-order valence-corrected chi connectivity index (χ4v) is 3.74. The number of hydrogen-bond donors (Lipinski definition) is 1. The number of anilines is 1. The van der Waals surface area contributed by atoms with Crippen molar-refractivity contribution in [2.45, 2.75) is 16.1 Å². The second-order valence-electron chi connectivity index (χ2n) is 5.10. The van der Waals surface area contributed by atoms with Crippen molar-refractivity contribution in [3.05, 3.63) is 67.1 Å². The number of rotatable bonds is 3. The molecule has 2 atom stereocenters. The summed E-state index contributed by atoms with van der Waals surface area (Å²) in [6.07, 6.45) is 1.14. The van der Waals surface area contributed by atoms with Crippen molar-refractivity contribution in [2.24, 2.45) is 11.7 Å². The molecule has 120 valence electrons. The Kier molecular flexibility index (Phi) is 4.08. The van der Waals surface area contributed by atoms with Gasteiger partial charge in [0.1, 0.15) is 5.92 Å². The van der Waals surface area contributed by atoms with Gasteiger partial charge in [0.25, 0.3) is 0 Å². The van der Waals surface area contributed by atoms with Crippen LogP contribution in [0.25, 0.3) is 0 Å². The number of halogens is 3. The first-order valence-electron chi connectivity index (χ1n) is 6.88. The maximum absolute atomic E-state index is 13.5. The highest BCUT2D eigenvalue weighted by Gasteiger charge is 2.56. The molecule has 3 rings (SSSR count). The molecule has 2 N–H and O–H groups in total. The van der Waals surface area contributed by atoms with E-state index in [2.05, 4.69) is 4.98 Å². The van der Waals surface area contributed by atoms with Gasteiger partial charge in [-0.2, -0.15) is 13.2 Å². The quantitative estimate of drug-likeness (QED) is 0.860. The van der Waals surface area contributed by atoms with Crippen LogP contribution in [-0.4, -0.2) is 16.2 Å². The Hall–Kier alpha value is -1.99. The van der Waals surface area contributed by atoms with Gasteiger partial charge in [0.05, 0.1) is 0 Å². The molecule has 23 heavy (non-hydrogen) atoms. The van der Waals surface area contributed by atoms with Crippen LogP contribution in [0.3, 0.4) is 0 Å². The van der Waals surface area contributed by atoms with Crippen molar-refractivity contribution in [3.8, 4) is 0 Å². The molecule has 3 nitrogen and oxygen atoms in total. The minimum absolute atomic E-state index is 0.611. The number of hydrogen-bond acceptors (Lipinski definition) is 4. The number of alkyl halides is 3. The Balaban J connectivity index is 2.01. The van der Waals surface area contributed by atoms with Gasteiger partial charge in [-0.3, -0.25) is 10.7 Å². The third-order valence-corrected chi connectivity index (χ3v) is 4.85. The third kappa shape index (κ3) is 3.07. The van der Waals surface area contributed by atoms with Crippen molar-refractivity contribution in [3.63, 3.8) is 0 Å². The Labute approximate surface area is 136 Å². The van der Waals surface area contributed by atoms with Gasteiger partial charge in [-0.05, 0) is 24.3 Å². The van der Waals surface area contributed by atoms with E-state index in [9.17, 15) is 13.2 Å². The zero-order chi connectivity index (χ0) is 16.5. The van der Waals surface area contributed by atoms with E-state index in [-0.39, 0.29) is 0 Å². The summed E-state index contributed by atoms with van der Waals surface area (Å²) in [5.41, 5.74) is 6.89. The monoisotopic (exact) mass is 337 g/mol. The first-order chi connectivity index (χ1) is 10.9. The van der Waals surface area contributed by atoms with Crippen molar-refractivity contribution in [1.82, 2.24) is 4.98 Å². The summed E-state index contributed by atoms with van der Waals surface area (Å²) in [5, 5.41) is 0. The van der Waals surface area contributed by atoms with Crippen LogP contribution in [0.1, 0.15) is 0 Å². The van der Waals surface area contributed by atoms with Crippen LogP contribution in [0, 0.1) is 5.92 Å². The van der Waals surface area contributed by atoms with Gasteiger partial charge in [0, 0.05) is 29.2 Å². The second kappa shape index (κ2) is 5.90. The lowest BCUT2D eigenvalue weighted by Gasteiger charge is -2.40. The predicted octanol–water partition coefficient (Wildman–Crippen LogP) is 4.00. The highest BCUT2D eigenvalue weighted by atomic mass is 32.2. The van der Waals surface area contributed by atoms with Gasteiger partial charge in [0.2, 0.25) is 0 Å². The Bertz CT molecular complexity index is 691. The number of nitrogens with zero attached hydrogens (tertiary/aromatic N) is 2. The van der Waals surface area contributed by atoms with Crippen LogP contribution in [0.2, 0.25) is 0 Å². The van der Waals surface area contributed by atoms with Gasteiger partial charge in [0.15, 0.2) is 4.99 Å². The fourth-order valence-electron chi connectivity index (χ4n) is 2.50. The Morgan fingerprint density at radius 3 is 2.35 bits per heavy atom. The molecule has 0 fully saturated rings. The molecule has 2 heterocycles. The summed E-state index contributed by atoms with van der Waals surface area (Å²) in [6.45, 7) is 0. The molecule has 0 aliphatic carbocycles. The van der Waals surface area contributed by atoms with Crippen LogP contribution >= 0.6 is 11.8 Å². The molecule has 0 saturated carbocycles. The van der Waals surface area contributed by atoms with E-state index < -0.39 is 17.1 Å². The van der Waals surface area contributed by atoms with E-state index in [1.807, 2.05) is 0 Å². The zero-order valence-electron chi connectivity index (χ0n) is 11.9. The lowest BCUT2D eigenvalue weighted by Crippen LogP contribution is -2.56. The smallest absolute Gasteiger partial charge is 0.320 e. The van der Waals surface area contributed by atoms with E-state index in [1.54, 1.807) is 42.5 Å². The number of thioether (sulfide) groups is 1. The third-order valence-electron chi connectivity index (χ3n) is 3.57. The van der Waals surface area contributed by atoms with E-state index in [4.69, 9.17) is 5.73 Å². The number of benzene rings is 1. The average molecular weight is 337 g/mol. The van der Waals surface area contributed by atoms with Gasteiger partial charge in [-0.15, -0.1) is 0 Å². The molecule has 1 aromatic carbocycles. The topological polar surface area (TPSA) is 42.1 Å². The summed E-state index contributed by atoms with van der Waals surface area (Å²) in [4.78, 5) is 4.28. The van der Waals surface area contributed by atoms with Crippen molar-refractivity contribution >= 4 is 17.4 Å². The molecule has 1 aliphatic rings. The number of nitrogens with two attached hydrogens (primary N) is 1. The van der Waals surface area contributed by atoms with Crippen LogP contribution in [0.5, 0.6) is 0 Å². The van der Waals surface area contributed by atoms with Gasteiger partial charge in [-0.1, -0.05) is 36.0 Å². The summed E-state index contributed by atoms with van der Waals surface area (Å²) in [7, 11) is 0. The first-order valence-corrected chi connectivity index (χ1v) is 7.70. The second-order valence-corrected chi connectivity index (χ2v) is 6.43. The van der Waals surface area contributed by atoms with E-state index in [1.165, 1.54) is 23.5 Å². The predicted molar refractivity (Wildman–Crippen MR) is 84.6 cm³/mol. The molecule has 2 unspecified atom stereocenters. The van der Waals surface area contributed by atoms with Crippen LogP contribution in [0.4, 0.5) is 18.9 Å². The normalized spacial score (nSPS) is 24.2. The van der Waals surface area contributed by atoms with Crippen LogP contribution in [-0.2, 0) is 0 Å². The van der Waals surface area contributed by atoms with Gasteiger partial charge < -0.3 is 4.90 Å². The van der Waals surface area contributed by atoms with Gasteiger partial charge >= 0.3 is 6.18 Å². The minimum Gasteiger partial charge on any atom is -0.320 e. The number of pyridine rings is 1. The van der Waals surface area contributed by atoms with Crippen LogP contribution < -0.4 is 10.6 Å². The molecule has 0 radical (unpaired) electrons. The van der Waals surface area contributed by atoms with Crippen molar-refractivity contribution in [1.29, 1.82) is 0 Å². The fraction of sp³-hybridized carbons (Fsp3) is 0.188. The molecule has 0 saturated heterocycles. The Morgan fingerprint density at radius 1 is 1.09 bits per heavy atom. The molecule has 1 aromatic heterocycles. The molecular formula is C16H14F3N3S. The van der Waals surface area contributed by atoms with E-state index >= 15 is 0 Å². The van der Waals surface area contributed by atoms with Crippen molar-refractivity contribution in [2.75, 3.05) is 4.90 Å². The van der Waals surface area contributed by atoms with Gasteiger partial charge in [-0.25, -0.2) is 0 Å². The lowest BCUT2D eigenvalue weighted by molar-refractivity contribution is -0.166. The summed E-state index contributed by atoms with van der Waals surface area (Å²) < 4.78 is 40.4. The molecule has 0 spiro atoms. The number of aromatic nitrogens is 1. The van der Waals surface area contributed by atoms with E-state index in [0.717, 1.165) is 17.8 Å². The molecule has 0 amide bonds. The lowest BCUT2D eigenvalue weighted by atomic mass is 10.1. The summed E-state index contributed by atoms with van der Waals surface area (Å²) in [5.74, 6) is -1.78. The summed E-state index contributed by atoms with van der Waals surface area (Å²) in [6, 6.07) is 12.1. The molecule has 2 aromatic rings. The molecular weight excluding hydrogens is 323 g/mol. The molecule has 0 bridgehead atoms. The highest BCUT2D eigenvalue weighted by Crippen LogP contribution is 2.49. The standard InChI is InChI=1S/C16H14F3N3S/c17-15(18,19)14-8-11-22(12-4-2-1-3-5-12)16(14,20)23-13-6-9-21-10-7-13/h1-11,14H,20H2. The maximum Gasteiger partial charge on any atom is 0.399 e. The van der Waals surface area contributed by atoms with Crippen molar-refractivity contribution < 1.29 is 13.2 Å². The number of para-hydroxylation sites is 1. The van der Waals surface area contributed by atoms with Crippen LogP contribution in [0.15, 0.2) is 72.0 Å². The summed E-state index contributed by atoms with van der Waals surface area (Å²) >= 11 is 0.973. The maximum atomic E-state index is 13.5.